The second-order valence-corrected chi connectivity index (χ2v) is 11.8. The lowest BCUT2D eigenvalue weighted by Gasteiger charge is -2.46. The number of allylic oxidation sites excluding steroid dienone is 1. The van der Waals surface area contributed by atoms with Gasteiger partial charge in [-0.3, -0.25) is 4.90 Å². The maximum absolute atomic E-state index is 7.09. The number of morpholine rings is 1. The van der Waals surface area contributed by atoms with E-state index in [1.165, 1.54) is 81.9 Å². The largest absolute Gasteiger partial charge is 0.379 e. The van der Waals surface area contributed by atoms with E-state index in [1.807, 2.05) is 0 Å². The van der Waals surface area contributed by atoms with Gasteiger partial charge in [0.15, 0.2) is 0 Å². The molecule has 1 aromatic carbocycles. The number of ether oxygens (including phenoxy) is 2. The van der Waals surface area contributed by atoms with Gasteiger partial charge in [-0.25, -0.2) is 0 Å². The van der Waals surface area contributed by atoms with Crippen LogP contribution in [-0.4, -0.2) is 49.0 Å². The molecule has 182 valence electrons. The van der Waals surface area contributed by atoms with Crippen molar-refractivity contribution in [3.05, 3.63) is 47.5 Å². The van der Waals surface area contributed by atoms with Gasteiger partial charge in [-0.2, -0.15) is 0 Å². The van der Waals surface area contributed by atoms with Crippen molar-refractivity contribution in [1.29, 1.82) is 0 Å². The van der Waals surface area contributed by atoms with Gasteiger partial charge in [0, 0.05) is 13.1 Å². The van der Waals surface area contributed by atoms with Crippen LogP contribution in [0.5, 0.6) is 0 Å². The first kappa shape index (κ1) is 23.6. The van der Waals surface area contributed by atoms with Gasteiger partial charge in [-0.15, -0.1) is 0 Å². The third-order valence-electron chi connectivity index (χ3n) is 9.00. The summed E-state index contributed by atoms with van der Waals surface area (Å²) in [7, 11) is 0. The lowest BCUT2D eigenvalue weighted by molar-refractivity contribution is -0.163. The van der Waals surface area contributed by atoms with Crippen LogP contribution in [0.15, 0.2) is 36.4 Å². The van der Waals surface area contributed by atoms with Gasteiger partial charge in [0.25, 0.3) is 0 Å². The number of benzene rings is 1. The van der Waals surface area contributed by atoms with Gasteiger partial charge in [0.1, 0.15) is 0 Å². The summed E-state index contributed by atoms with van der Waals surface area (Å²) in [6.45, 7) is 9.99. The van der Waals surface area contributed by atoms with E-state index in [-0.39, 0.29) is 11.2 Å². The Labute approximate surface area is 201 Å². The maximum Gasteiger partial charge on any atom is 0.0900 e. The minimum absolute atomic E-state index is 0.00558. The average Bonchev–Trinajstić information content (AvgIpc) is 3.57. The van der Waals surface area contributed by atoms with Crippen LogP contribution in [0.4, 0.5) is 0 Å². The molecule has 2 saturated carbocycles. The Hall–Kier alpha value is -1.16. The van der Waals surface area contributed by atoms with Crippen LogP contribution in [0.1, 0.15) is 88.7 Å². The SMILES string of the molecule is CC1CC=CC1(CC1CC1)OC1(C)CCC(c2ccc(CCCN3CCOCC3)cc2)CC1. The first-order valence-electron chi connectivity index (χ1n) is 13.8. The molecule has 3 heteroatoms. The molecule has 1 heterocycles. The van der Waals surface area contributed by atoms with Crippen molar-refractivity contribution >= 4 is 0 Å². The minimum atomic E-state index is 0.00558. The monoisotopic (exact) mass is 451 g/mol. The predicted molar refractivity (Wildman–Crippen MR) is 136 cm³/mol. The van der Waals surface area contributed by atoms with Gasteiger partial charge >= 0.3 is 0 Å². The molecule has 0 amide bonds. The fourth-order valence-corrected chi connectivity index (χ4v) is 6.46. The highest BCUT2D eigenvalue weighted by Crippen LogP contribution is 2.50. The summed E-state index contributed by atoms with van der Waals surface area (Å²) in [5.74, 6) is 2.23. The van der Waals surface area contributed by atoms with Crippen molar-refractivity contribution in [3.8, 4) is 0 Å². The lowest BCUT2D eigenvalue weighted by atomic mass is 9.75. The van der Waals surface area contributed by atoms with Crippen LogP contribution < -0.4 is 0 Å². The van der Waals surface area contributed by atoms with Crippen molar-refractivity contribution in [3.63, 3.8) is 0 Å². The number of hydrogen-bond donors (Lipinski definition) is 0. The standard InChI is InChI=1S/C30H45NO2/c1-24-5-3-15-30(24,23-26-7-8-26)33-29(2)16-13-28(14-17-29)27-11-9-25(10-12-27)6-4-18-31-19-21-32-22-20-31/h3,9-12,15,24,26,28H,4-8,13-14,16-23H2,1-2H3. The molecule has 3 fully saturated rings. The number of aryl methyl sites for hydroxylation is 1. The van der Waals surface area contributed by atoms with E-state index in [0.717, 1.165) is 32.2 Å². The van der Waals surface area contributed by atoms with Crippen molar-refractivity contribution in [1.82, 2.24) is 4.90 Å². The zero-order valence-corrected chi connectivity index (χ0v) is 21.1. The topological polar surface area (TPSA) is 21.7 Å². The lowest BCUT2D eigenvalue weighted by Crippen LogP contribution is -2.46. The van der Waals surface area contributed by atoms with Gasteiger partial charge in [0.05, 0.1) is 24.4 Å². The molecule has 2 unspecified atom stereocenters. The Balaban J connectivity index is 1.11. The molecule has 0 spiro atoms. The summed E-state index contributed by atoms with van der Waals surface area (Å²) in [4.78, 5) is 2.54. The molecule has 3 aliphatic carbocycles. The van der Waals surface area contributed by atoms with E-state index in [0.29, 0.717) is 11.8 Å². The van der Waals surface area contributed by atoms with E-state index >= 15 is 0 Å². The fraction of sp³-hybridized carbons (Fsp3) is 0.733. The summed E-state index contributed by atoms with van der Waals surface area (Å²) in [6, 6.07) is 9.59. The van der Waals surface area contributed by atoms with Crippen LogP contribution in [0.3, 0.4) is 0 Å². The van der Waals surface area contributed by atoms with E-state index in [9.17, 15) is 0 Å². The summed E-state index contributed by atoms with van der Waals surface area (Å²) >= 11 is 0. The summed E-state index contributed by atoms with van der Waals surface area (Å²) in [5.41, 5.74) is 3.06. The third kappa shape index (κ3) is 5.92. The van der Waals surface area contributed by atoms with E-state index in [1.54, 1.807) is 0 Å². The molecule has 1 aliphatic heterocycles. The van der Waals surface area contributed by atoms with Crippen molar-refractivity contribution < 1.29 is 9.47 Å². The highest BCUT2D eigenvalue weighted by atomic mass is 16.5. The van der Waals surface area contributed by atoms with Gasteiger partial charge in [0.2, 0.25) is 0 Å². The van der Waals surface area contributed by atoms with Gasteiger partial charge in [-0.1, -0.05) is 56.2 Å². The molecule has 4 aliphatic rings. The molecular weight excluding hydrogens is 406 g/mol. The molecule has 3 nitrogen and oxygen atoms in total. The van der Waals surface area contributed by atoms with Crippen LogP contribution in [-0.2, 0) is 15.9 Å². The summed E-state index contributed by atoms with van der Waals surface area (Å²) in [6.07, 6.45) is 17.4. The van der Waals surface area contributed by atoms with Gasteiger partial charge in [-0.05, 0) is 93.7 Å². The first-order valence-corrected chi connectivity index (χ1v) is 13.8. The zero-order valence-electron chi connectivity index (χ0n) is 21.1. The molecule has 33 heavy (non-hydrogen) atoms. The molecule has 1 saturated heterocycles. The summed E-state index contributed by atoms with van der Waals surface area (Å²) in [5, 5.41) is 0. The molecule has 0 bridgehead atoms. The number of rotatable bonds is 9. The average molecular weight is 452 g/mol. The van der Waals surface area contributed by atoms with E-state index in [4.69, 9.17) is 9.47 Å². The fourth-order valence-electron chi connectivity index (χ4n) is 6.46. The molecule has 5 rings (SSSR count). The molecule has 0 aromatic heterocycles. The first-order chi connectivity index (χ1) is 16.0. The van der Waals surface area contributed by atoms with Crippen LogP contribution in [0.2, 0.25) is 0 Å². The second-order valence-electron chi connectivity index (χ2n) is 11.8. The van der Waals surface area contributed by atoms with Crippen LogP contribution in [0.25, 0.3) is 0 Å². The zero-order chi connectivity index (χ0) is 22.7. The van der Waals surface area contributed by atoms with Crippen molar-refractivity contribution in [2.24, 2.45) is 11.8 Å². The molecule has 0 radical (unpaired) electrons. The normalized spacial score (nSPS) is 35.2. The van der Waals surface area contributed by atoms with Crippen molar-refractivity contribution in [2.75, 3.05) is 32.8 Å². The van der Waals surface area contributed by atoms with E-state index in [2.05, 4.69) is 55.2 Å². The van der Waals surface area contributed by atoms with E-state index < -0.39 is 0 Å². The summed E-state index contributed by atoms with van der Waals surface area (Å²) < 4.78 is 12.5. The Bertz CT molecular complexity index is 784. The maximum atomic E-state index is 7.09. The quantitative estimate of drug-likeness (QED) is 0.399. The van der Waals surface area contributed by atoms with Crippen LogP contribution >= 0.6 is 0 Å². The van der Waals surface area contributed by atoms with Crippen molar-refractivity contribution in [2.45, 2.75) is 95.2 Å². The molecule has 2 atom stereocenters. The molecule has 0 N–H and O–H groups in total. The Morgan fingerprint density at radius 3 is 2.39 bits per heavy atom. The highest BCUT2D eigenvalue weighted by molar-refractivity contribution is 5.26. The van der Waals surface area contributed by atoms with Gasteiger partial charge < -0.3 is 9.47 Å². The minimum Gasteiger partial charge on any atom is -0.379 e. The Morgan fingerprint density at radius 2 is 1.76 bits per heavy atom. The number of hydrogen-bond acceptors (Lipinski definition) is 3. The smallest absolute Gasteiger partial charge is 0.0900 e. The third-order valence-corrected chi connectivity index (χ3v) is 9.00. The number of nitrogens with zero attached hydrogens (tertiary/aromatic N) is 1. The predicted octanol–water partition coefficient (Wildman–Crippen LogP) is 6.52. The van der Waals surface area contributed by atoms with Crippen LogP contribution in [0, 0.1) is 11.8 Å². The second kappa shape index (κ2) is 10.2. The molecular formula is C30H45NO2. The molecule has 1 aromatic rings. The highest BCUT2D eigenvalue weighted by Gasteiger charge is 2.47. The Morgan fingerprint density at radius 1 is 1.03 bits per heavy atom. The Kier molecular flexibility index (Phi) is 7.30.